The van der Waals surface area contributed by atoms with Gasteiger partial charge in [-0.25, -0.2) is 9.78 Å². The number of thiazole rings is 1. The van der Waals surface area contributed by atoms with Crippen molar-refractivity contribution in [3.05, 3.63) is 29.1 Å². The van der Waals surface area contributed by atoms with E-state index in [1.807, 2.05) is 16.3 Å². The SMILES string of the molecule is CCC(C)c1csc(NC(=O)N2CCN(Cc3ccon3)CC2)n1. The quantitative estimate of drug-likeness (QED) is 0.898. The van der Waals surface area contributed by atoms with Crippen LogP contribution in [0.25, 0.3) is 0 Å². The lowest BCUT2D eigenvalue weighted by Gasteiger charge is -2.33. The molecular weight excluding hydrogens is 326 g/mol. The molecule has 1 N–H and O–H groups in total. The number of anilines is 1. The Hall–Kier alpha value is -1.93. The van der Waals surface area contributed by atoms with Crippen molar-refractivity contribution < 1.29 is 9.32 Å². The molecule has 2 aromatic rings. The molecule has 24 heavy (non-hydrogen) atoms. The summed E-state index contributed by atoms with van der Waals surface area (Å²) in [6.07, 6.45) is 2.63. The Labute approximate surface area is 145 Å². The van der Waals surface area contributed by atoms with Crippen LogP contribution in [0.4, 0.5) is 9.93 Å². The fraction of sp³-hybridized carbons (Fsp3) is 0.562. The molecule has 0 aromatic carbocycles. The maximum atomic E-state index is 12.4. The van der Waals surface area contributed by atoms with Gasteiger partial charge in [-0.15, -0.1) is 11.3 Å². The van der Waals surface area contributed by atoms with Gasteiger partial charge in [-0.3, -0.25) is 10.2 Å². The summed E-state index contributed by atoms with van der Waals surface area (Å²) in [5.74, 6) is 0.423. The van der Waals surface area contributed by atoms with E-state index in [1.165, 1.54) is 11.3 Å². The smallest absolute Gasteiger partial charge is 0.323 e. The van der Waals surface area contributed by atoms with Crippen molar-refractivity contribution in [3.63, 3.8) is 0 Å². The summed E-state index contributed by atoms with van der Waals surface area (Å²) in [4.78, 5) is 21.0. The van der Waals surface area contributed by atoms with Crippen molar-refractivity contribution in [1.29, 1.82) is 0 Å². The van der Waals surface area contributed by atoms with Crippen LogP contribution < -0.4 is 5.32 Å². The molecular formula is C16H23N5O2S. The maximum Gasteiger partial charge on any atom is 0.323 e. The summed E-state index contributed by atoms with van der Waals surface area (Å²) in [7, 11) is 0. The molecule has 0 spiro atoms. The first-order valence-electron chi connectivity index (χ1n) is 8.28. The summed E-state index contributed by atoms with van der Waals surface area (Å²) in [5, 5.41) is 9.56. The highest BCUT2D eigenvalue weighted by atomic mass is 32.1. The highest BCUT2D eigenvalue weighted by molar-refractivity contribution is 7.13. The van der Waals surface area contributed by atoms with Crippen molar-refractivity contribution in [1.82, 2.24) is 19.9 Å². The predicted molar refractivity (Wildman–Crippen MR) is 93.2 cm³/mol. The Kier molecular flexibility index (Phi) is 5.47. The molecule has 130 valence electrons. The fourth-order valence-electron chi connectivity index (χ4n) is 2.61. The summed E-state index contributed by atoms with van der Waals surface area (Å²) >= 11 is 1.49. The molecule has 3 rings (SSSR count). The zero-order chi connectivity index (χ0) is 16.9. The number of rotatable bonds is 5. The minimum atomic E-state index is -0.0684. The van der Waals surface area contributed by atoms with Gasteiger partial charge in [-0.1, -0.05) is 19.0 Å². The van der Waals surface area contributed by atoms with Crippen LogP contribution in [0.1, 0.15) is 37.6 Å². The van der Waals surface area contributed by atoms with Crippen LogP contribution in [0.2, 0.25) is 0 Å². The van der Waals surface area contributed by atoms with E-state index in [2.05, 4.69) is 34.2 Å². The van der Waals surface area contributed by atoms with E-state index in [-0.39, 0.29) is 6.03 Å². The zero-order valence-electron chi connectivity index (χ0n) is 14.1. The third-order valence-corrected chi connectivity index (χ3v) is 5.17. The lowest BCUT2D eigenvalue weighted by molar-refractivity contribution is 0.141. The minimum absolute atomic E-state index is 0.0684. The Bertz CT molecular complexity index is 649. The van der Waals surface area contributed by atoms with Gasteiger partial charge < -0.3 is 9.42 Å². The predicted octanol–water partition coefficient (Wildman–Crippen LogP) is 2.99. The van der Waals surface area contributed by atoms with Crippen molar-refractivity contribution in [2.75, 3.05) is 31.5 Å². The van der Waals surface area contributed by atoms with Crippen molar-refractivity contribution in [2.24, 2.45) is 0 Å². The number of aromatic nitrogens is 2. The average molecular weight is 349 g/mol. The highest BCUT2D eigenvalue weighted by Crippen LogP contribution is 2.24. The molecule has 0 saturated carbocycles. The van der Waals surface area contributed by atoms with Crippen molar-refractivity contribution in [2.45, 2.75) is 32.7 Å². The van der Waals surface area contributed by atoms with Gasteiger partial charge in [-0.05, 0) is 12.3 Å². The lowest BCUT2D eigenvalue weighted by atomic mass is 10.1. The molecule has 1 aliphatic rings. The lowest BCUT2D eigenvalue weighted by Crippen LogP contribution is -2.49. The third-order valence-electron chi connectivity index (χ3n) is 4.39. The zero-order valence-corrected chi connectivity index (χ0v) is 14.9. The van der Waals surface area contributed by atoms with Gasteiger partial charge in [0, 0.05) is 44.2 Å². The largest absolute Gasteiger partial charge is 0.364 e. The molecule has 3 heterocycles. The number of amides is 2. The van der Waals surface area contributed by atoms with E-state index >= 15 is 0 Å². The number of nitrogens with one attached hydrogen (secondary N) is 1. The van der Waals surface area contributed by atoms with Gasteiger partial charge in [0.1, 0.15) is 6.26 Å². The maximum absolute atomic E-state index is 12.4. The van der Waals surface area contributed by atoms with E-state index in [0.717, 1.165) is 37.4 Å². The highest BCUT2D eigenvalue weighted by Gasteiger charge is 2.22. The molecule has 1 unspecified atom stereocenters. The van der Waals surface area contributed by atoms with Gasteiger partial charge in [0.15, 0.2) is 5.13 Å². The Morgan fingerprint density at radius 2 is 2.21 bits per heavy atom. The Morgan fingerprint density at radius 3 is 2.88 bits per heavy atom. The van der Waals surface area contributed by atoms with E-state index < -0.39 is 0 Å². The van der Waals surface area contributed by atoms with Crippen LogP contribution >= 0.6 is 11.3 Å². The van der Waals surface area contributed by atoms with Crippen LogP contribution in [-0.2, 0) is 6.54 Å². The molecule has 0 aliphatic carbocycles. The number of hydrogen-bond donors (Lipinski definition) is 1. The molecule has 7 nitrogen and oxygen atoms in total. The molecule has 0 bridgehead atoms. The monoisotopic (exact) mass is 349 g/mol. The number of nitrogens with zero attached hydrogens (tertiary/aromatic N) is 4. The number of piperazine rings is 1. The van der Waals surface area contributed by atoms with Crippen molar-refractivity contribution >= 4 is 22.5 Å². The van der Waals surface area contributed by atoms with E-state index in [9.17, 15) is 4.79 Å². The molecule has 1 aliphatic heterocycles. The van der Waals surface area contributed by atoms with Gasteiger partial charge in [-0.2, -0.15) is 0 Å². The molecule has 8 heteroatoms. The first-order chi connectivity index (χ1) is 11.7. The molecule has 2 aromatic heterocycles. The molecule has 1 fully saturated rings. The number of carbonyl (C=O) groups is 1. The molecule has 2 amide bonds. The van der Waals surface area contributed by atoms with Crippen molar-refractivity contribution in [3.8, 4) is 0 Å². The van der Waals surface area contributed by atoms with E-state index in [4.69, 9.17) is 4.52 Å². The Balaban J connectivity index is 1.47. The number of urea groups is 1. The second-order valence-electron chi connectivity index (χ2n) is 6.07. The molecule has 1 saturated heterocycles. The number of carbonyl (C=O) groups excluding carboxylic acids is 1. The summed E-state index contributed by atoms with van der Waals surface area (Å²) in [6, 6.07) is 1.80. The normalized spacial score (nSPS) is 17.0. The second kappa shape index (κ2) is 7.76. The Morgan fingerprint density at radius 1 is 1.42 bits per heavy atom. The minimum Gasteiger partial charge on any atom is -0.364 e. The molecule has 0 radical (unpaired) electrons. The molecule has 1 atom stereocenters. The number of hydrogen-bond acceptors (Lipinski definition) is 6. The van der Waals surface area contributed by atoms with E-state index in [1.54, 1.807) is 6.26 Å². The van der Waals surface area contributed by atoms with Gasteiger partial charge >= 0.3 is 6.03 Å². The fourth-order valence-corrected chi connectivity index (χ4v) is 3.43. The first kappa shape index (κ1) is 16.9. The van der Waals surface area contributed by atoms with Gasteiger partial charge in [0.2, 0.25) is 0 Å². The third kappa shape index (κ3) is 4.12. The second-order valence-corrected chi connectivity index (χ2v) is 6.93. The van der Waals surface area contributed by atoms with Gasteiger partial charge in [0.05, 0.1) is 11.4 Å². The van der Waals surface area contributed by atoms with Crippen LogP contribution in [0.15, 0.2) is 22.2 Å². The average Bonchev–Trinajstić information content (AvgIpc) is 3.27. The van der Waals surface area contributed by atoms with Crippen LogP contribution in [0.3, 0.4) is 0 Å². The van der Waals surface area contributed by atoms with Crippen LogP contribution in [0, 0.1) is 0 Å². The topological polar surface area (TPSA) is 74.5 Å². The van der Waals surface area contributed by atoms with Gasteiger partial charge in [0.25, 0.3) is 0 Å². The summed E-state index contributed by atoms with van der Waals surface area (Å²) in [5.41, 5.74) is 1.98. The van der Waals surface area contributed by atoms with E-state index in [0.29, 0.717) is 24.1 Å². The van der Waals surface area contributed by atoms with Crippen LogP contribution in [0.5, 0.6) is 0 Å². The summed E-state index contributed by atoms with van der Waals surface area (Å²) < 4.78 is 4.85. The first-order valence-corrected chi connectivity index (χ1v) is 9.16. The standard InChI is InChI=1S/C16H23N5O2S/c1-3-12(2)14-11-24-15(17-14)18-16(22)21-7-5-20(6-8-21)10-13-4-9-23-19-13/h4,9,11-12H,3,5-8,10H2,1-2H3,(H,17,18,22). The summed E-state index contributed by atoms with van der Waals surface area (Å²) in [6.45, 7) is 8.11. The van der Waals surface area contributed by atoms with Crippen LogP contribution in [-0.4, -0.2) is 52.2 Å².